The van der Waals surface area contributed by atoms with Crippen molar-refractivity contribution in [1.29, 1.82) is 0 Å². The molecule has 3 aromatic carbocycles. The van der Waals surface area contributed by atoms with Crippen molar-refractivity contribution in [3.8, 4) is 22.6 Å². The van der Waals surface area contributed by atoms with Crippen LogP contribution in [0.15, 0.2) is 72.8 Å². The summed E-state index contributed by atoms with van der Waals surface area (Å²) in [6, 6.07) is 24.0. The predicted molar refractivity (Wildman–Crippen MR) is 121 cm³/mol. The molecule has 0 bridgehead atoms. The van der Waals surface area contributed by atoms with Crippen molar-refractivity contribution in [1.82, 2.24) is 0 Å². The van der Waals surface area contributed by atoms with Crippen LogP contribution < -0.4 is 9.47 Å². The van der Waals surface area contributed by atoms with Gasteiger partial charge in [0, 0.05) is 20.0 Å². The van der Waals surface area contributed by atoms with Crippen LogP contribution in [0.2, 0.25) is 0 Å². The van der Waals surface area contributed by atoms with Gasteiger partial charge in [-0.15, -0.1) is 0 Å². The summed E-state index contributed by atoms with van der Waals surface area (Å²) in [5, 5.41) is 9.11. The number of hydrogen-bond donors (Lipinski definition) is 1. The van der Waals surface area contributed by atoms with Crippen molar-refractivity contribution in [2.24, 2.45) is 0 Å². The monoisotopic (exact) mass is 420 g/mol. The first-order chi connectivity index (χ1) is 15.1. The zero-order valence-electron chi connectivity index (χ0n) is 17.9. The summed E-state index contributed by atoms with van der Waals surface area (Å²) in [6.07, 6.45) is 0.237. The Morgan fingerprint density at radius 1 is 0.903 bits per heavy atom. The second kappa shape index (κ2) is 11.2. The van der Waals surface area contributed by atoms with Crippen LogP contribution in [-0.2, 0) is 16.0 Å². The van der Waals surface area contributed by atoms with E-state index in [1.54, 1.807) is 0 Å². The van der Waals surface area contributed by atoms with Crippen molar-refractivity contribution in [3.63, 3.8) is 0 Å². The fourth-order valence-corrected chi connectivity index (χ4v) is 3.29. The van der Waals surface area contributed by atoms with Gasteiger partial charge in [-0.25, -0.2) is 4.79 Å². The number of carbonyl (C=O) groups is 1. The first-order valence-corrected chi connectivity index (χ1v) is 10.3. The maximum absolute atomic E-state index is 11.1. The molecule has 0 amide bonds. The second-order valence-electron chi connectivity index (χ2n) is 7.31. The molecule has 162 valence electrons. The number of methoxy groups -OCH3 is 1. The fourth-order valence-electron chi connectivity index (χ4n) is 3.29. The van der Waals surface area contributed by atoms with Crippen molar-refractivity contribution in [3.05, 3.63) is 83.9 Å². The molecule has 1 atom stereocenters. The number of ether oxygens (including phenoxy) is 3. The highest BCUT2D eigenvalue weighted by Gasteiger charge is 2.17. The summed E-state index contributed by atoms with van der Waals surface area (Å²) in [7, 11) is 1.41. The summed E-state index contributed by atoms with van der Waals surface area (Å²) >= 11 is 0. The molecule has 0 aliphatic rings. The minimum Gasteiger partial charge on any atom is -0.493 e. The number of rotatable bonds is 11. The average Bonchev–Trinajstić information content (AvgIpc) is 2.79. The smallest absolute Gasteiger partial charge is 0.333 e. The molecule has 0 saturated carbocycles. The molecular formula is C26H28O5. The van der Waals surface area contributed by atoms with Crippen molar-refractivity contribution >= 4 is 5.97 Å². The van der Waals surface area contributed by atoms with Crippen LogP contribution in [0.4, 0.5) is 0 Å². The van der Waals surface area contributed by atoms with Crippen molar-refractivity contribution < 1.29 is 24.1 Å². The Morgan fingerprint density at radius 2 is 1.58 bits per heavy atom. The van der Waals surface area contributed by atoms with Gasteiger partial charge in [-0.1, -0.05) is 54.6 Å². The van der Waals surface area contributed by atoms with Gasteiger partial charge in [-0.3, -0.25) is 0 Å². The number of carboxylic acids is 1. The molecule has 0 fully saturated rings. The van der Waals surface area contributed by atoms with Crippen molar-refractivity contribution in [2.45, 2.75) is 25.9 Å². The molecule has 0 unspecified atom stereocenters. The maximum atomic E-state index is 11.1. The first-order valence-electron chi connectivity index (χ1n) is 10.3. The van der Waals surface area contributed by atoms with Gasteiger partial charge < -0.3 is 19.3 Å². The summed E-state index contributed by atoms with van der Waals surface area (Å²) in [5.41, 5.74) is 4.22. The molecule has 0 heterocycles. The Morgan fingerprint density at radius 3 is 2.23 bits per heavy atom. The topological polar surface area (TPSA) is 65.0 Å². The Labute approximate surface area is 183 Å². The Kier molecular flexibility index (Phi) is 8.07. The Hall–Kier alpha value is -3.31. The summed E-state index contributed by atoms with van der Waals surface area (Å²) < 4.78 is 16.7. The third-order valence-electron chi connectivity index (χ3n) is 5.00. The van der Waals surface area contributed by atoms with Crippen LogP contribution in [0.1, 0.15) is 17.5 Å². The Bertz CT molecular complexity index is 967. The molecule has 0 saturated heterocycles. The van der Waals surface area contributed by atoms with Crippen LogP contribution >= 0.6 is 0 Å². The van der Waals surface area contributed by atoms with E-state index in [2.05, 4.69) is 24.3 Å². The van der Waals surface area contributed by atoms with Gasteiger partial charge >= 0.3 is 5.97 Å². The lowest BCUT2D eigenvalue weighted by Gasteiger charge is -2.13. The zero-order chi connectivity index (χ0) is 22.1. The maximum Gasteiger partial charge on any atom is 0.333 e. The lowest BCUT2D eigenvalue weighted by molar-refractivity contribution is -0.148. The average molecular weight is 421 g/mol. The van der Waals surface area contributed by atoms with Gasteiger partial charge in [0.15, 0.2) is 6.10 Å². The molecule has 5 nitrogen and oxygen atoms in total. The Balaban J connectivity index is 1.42. The zero-order valence-corrected chi connectivity index (χ0v) is 17.9. The van der Waals surface area contributed by atoms with E-state index in [0.717, 1.165) is 34.6 Å². The third-order valence-corrected chi connectivity index (χ3v) is 5.00. The van der Waals surface area contributed by atoms with Crippen molar-refractivity contribution in [2.75, 3.05) is 20.3 Å². The van der Waals surface area contributed by atoms with Gasteiger partial charge in [0.25, 0.3) is 0 Å². The number of benzene rings is 3. The molecule has 0 aromatic heterocycles. The molecular weight excluding hydrogens is 392 g/mol. The largest absolute Gasteiger partial charge is 0.493 e. The van der Waals surface area contributed by atoms with Crippen LogP contribution in [0, 0.1) is 6.92 Å². The van der Waals surface area contributed by atoms with Gasteiger partial charge in [-0.05, 0) is 47.4 Å². The number of aliphatic carboxylic acids is 1. The molecule has 3 rings (SSSR count). The van der Waals surface area contributed by atoms with E-state index in [9.17, 15) is 4.79 Å². The minimum absolute atomic E-state index is 0.323. The van der Waals surface area contributed by atoms with Crippen LogP contribution in [0.3, 0.4) is 0 Å². The predicted octanol–water partition coefficient (Wildman–Crippen LogP) is 5.15. The van der Waals surface area contributed by atoms with E-state index in [1.165, 1.54) is 12.7 Å². The van der Waals surface area contributed by atoms with E-state index < -0.39 is 12.1 Å². The molecule has 0 aliphatic carbocycles. The highest BCUT2D eigenvalue weighted by Crippen LogP contribution is 2.23. The van der Waals surface area contributed by atoms with Gasteiger partial charge in [0.1, 0.15) is 11.5 Å². The number of aryl methyl sites for hydroxylation is 1. The second-order valence-corrected chi connectivity index (χ2v) is 7.31. The highest BCUT2D eigenvalue weighted by atomic mass is 16.5. The minimum atomic E-state index is -0.963. The molecule has 0 aliphatic heterocycles. The van der Waals surface area contributed by atoms with Gasteiger partial charge in [0.2, 0.25) is 0 Å². The van der Waals surface area contributed by atoms with Gasteiger partial charge in [-0.2, -0.15) is 0 Å². The van der Waals surface area contributed by atoms with Crippen LogP contribution in [0.25, 0.3) is 11.1 Å². The van der Waals surface area contributed by atoms with E-state index >= 15 is 0 Å². The summed E-state index contributed by atoms with van der Waals surface area (Å²) in [4.78, 5) is 11.1. The molecule has 0 radical (unpaired) electrons. The lowest BCUT2D eigenvalue weighted by Crippen LogP contribution is -2.24. The third kappa shape index (κ3) is 6.59. The molecule has 5 heteroatoms. The van der Waals surface area contributed by atoms with Gasteiger partial charge in [0.05, 0.1) is 13.2 Å². The first kappa shape index (κ1) is 22.4. The fraction of sp³-hybridized carbons (Fsp3) is 0.269. The highest BCUT2D eigenvalue weighted by molar-refractivity contribution is 5.72. The SMILES string of the molecule is CO[C@@H](Cc1ccc(OCCCOc2ccc(-c3ccccc3)cc2)c(C)c1)C(=O)O. The quantitative estimate of drug-likeness (QED) is 0.435. The van der Waals surface area contributed by atoms with Crippen LogP contribution in [-0.4, -0.2) is 37.5 Å². The molecule has 3 aromatic rings. The molecule has 1 N–H and O–H groups in total. The van der Waals surface area contributed by atoms with E-state index in [-0.39, 0.29) is 0 Å². The lowest BCUT2D eigenvalue weighted by atomic mass is 10.0. The normalized spacial score (nSPS) is 11.7. The molecule has 31 heavy (non-hydrogen) atoms. The van der Waals surface area contributed by atoms with Crippen LogP contribution in [0.5, 0.6) is 11.5 Å². The summed E-state index contributed by atoms with van der Waals surface area (Å²) in [6.45, 7) is 3.06. The van der Waals surface area contributed by atoms with E-state index in [1.807, 2.05) is 55.5 Å². The van der Waals surface area contributed by atoms with E-state index in [0.29, 0.717) is 19.6 Å². The number of hydrogen-bond acceptors (Lipinski definition) is 4. The number of carboxylic acid groups (broad SMARTS) is 1. The molecule has 0 spiro atoms. The summed E-state index contributed by atoms with van der Waals surface area (Å²) in [5.74, 6) is 0.668. The van der Waals surface area contributed by atoms with E-state index in [4.69, 9.17) is 19.3 Å². The standard InChI is InChI=1S/C26H28O5/c1-19-17-20(18-25(29-2)26(27)28)9-14-24(19)31-16-6-15-30-23-12-10-22(11-13-23)21-7-4-3-5-8-21/h3-5,7-14,17,25H,6,15-16,18H2,1-2H3,(H,27,28)/t25-/m0/s1.